The van der Waals surface area contributed by atoms with E-state index < -0.39 is 10.0 Å². The van der Waals surface area contributed by atoms with Crippen molar-refractivity contribution < 1.29 is 8.42 Å². The van der Waals surface area contributed by atoms with Crippen molar-refractivity contribution >= 4 is 21.6 Å². The van der Waals surface area contributed by atoms with Gasteiger partial charge in [0.05, 0.1) is 16.3 Å². The van der Waals surface area contributed by atoms with E-state index in [4.69, 9.17) is 22.0 Å². The summed E-state index contributed by atoms with van der Waals surface area (Å²) in [5.41, 5.74) is 3.06. The Morgan fingerprint density at radius 2 is 2.00 bits per heavy atom. The van der Waals surface area contributed by atoms with Crippen LogP contribution in [0, 0.1) is 11.3 Å². The number of rotatable bonds is 5. The van der Waals surface area contributed by atoms with Gasteiger partial charge in [0.25, 0.3) is 0 Å². The van der Waals surface area contributed by atoms with Gasteiger partial charge >= 0.3 is 0 Å². The van der Waals surface area contributed by atoms with Crippen LogP contribution in [0.4, 0.5) is 0 Å². The molecule has 0 aliphatic heterocycles. The molecule has 0 amide bonds. The van der Waals surface area contributed by atoms with E-state index in [0.29, 0.717) is 17.0 Å². The van der Waals surface area contributed by atoms with Gasteiger partial charge in [-0.2, -0.15) is 5.26 Å². The number of primary sulfonamides is 1. The highest BCUT2D eigenvalue weighted by Gasteiger charge is 2.44. The van der Waals surface area contributed by atoms with Gasteiger partial charge < -0.3 is 0 Å². The second kappa shape index (κ2) is 6.17. The van der Waals surface area contributed by atoms with Crippen LogP contribution in [0.25, 0.3) is 11.1 Å². The minimum absolute atomic E-state index is 0.0279. The summed E-state index contributed by atoms with van der Waals surface area (Å²) in [4.78, 5) is 4.30. The molecule has 1 fully saturated rings. The van der Waals surface area contributed by atoms with E-state index in [2.05, 4.69) is 4.98 Å². The molecule has 24 heavy (non-hydrogen) atoms. The summed E-state index contributed by atoms with van der Waals surface area (Å²) in [6.07, 6.45) is 5.89. The Balaban J connectivity index is 1.90. The molecule has 2 aromatic rings. The van der Waals surface area contributed by atoms with Crippen LogP contribution < -0.4 is 5.14 Å². The smallest absolute Gasteiger partial charge is 0.209 e. The largest absolute Gasteiger partial charge is 0.264 e. The first-order valence-corrected chi connectivity index (χ1v) is 9.58. The summed E-state index contributed by atoms with van der Waals surface area (Å²) < 4.78 is 22.5. The van der Waals surface area contributed by atoms with Crippen LogP contribution in [0.1, 0.15) is 30.4 Å². The van der Waals surface area contributed by atoms with Gasteiger partial charge in [0.1, 0.15) is 6.07 Å². The van der Waals surface area contributed by atoms with Gasteiger partial charge in [-0.1, -0.05) is 17.7 Å². The van der Waals surface area contributed by atoms with Gasteiger partial charge in [-0.3, -0.25) is 4.98 Å². The zero-order chi connectivity index (χ0) is 17.4. The highest BCUT2D eigenvalue weighted by atomic mass is 35.5. The maximum atomic E-state index is 11.2. The zero-order valence-corrected chi connectivity index (χ0v) is 14.4. The first-order chi connectivity index (χ1) is 11.3. The molecule has 0 saturated heterocycles. The van der Waals surface area contributed by atoms with E-state index >= 15 is 0 Å². The summed E-state index contributed by atoms with van der Waals surface area (Å²) >= 11 is 6.10. The first kappa shape index (κ1) is 16.9. The fourth-order valence-electron chi connectivity index (χ4n) is 2.84. The minimum Gasteiger partial charge on any atom is -0.264 e. The third-order valence-electron chi connectivity index (χ3n) is 4.49. The van der Waals surface area contributed by atoms with Crippen molar-refractivity contribution in [2.75, 3.05) is 5.75 Å². The maximum absolute atomic E-state index is 11.2. The van der Waals surface area contributed by atoms with E-state index in [1.54, 1.807) is 24.5 Å². The molecule has 0 bridgehead atoms. The third kappa shape index (κ3) is 3.59. The number of nitrogens with two attached hydrogens (primary N) is 1. The Morgan fingerprint density at radius 1 is 1.25 bits per heavy atom. The summed E-state index contributed by atoms with van der Waals surface area (Å²) in [6, 6.07) is 9.30. The second-order valence-corrected chi connectivity index (χ2v) is 8.31. The molecular weight excluding hydrogens is 346 g/mol. The van der Waals surface area contributed by atoms with Crippen molar-refractivity contribution in [3.05, 3.63) is 52.8 Å². The zero-order valence-electron chi connectivity index (χ0n) is 12.9. The molecule has 1 aromatic carbocycles. The van der Waals surface area contributed by atoms with Crippen molar-refractivity contribution in [1.82, 2.24) is 4.98 Å². The summed E-state index contributed by atoms with van der Waals surface area (Å²) in [5, 5.41) is 14.5. The van der Waals surface area contributed by atoms with Gasteiger partial charge in [0.2, 0.25) is 10.0 Å². The Bertz CT molecular complexity index is 931. The Hall–Kier alpha value is -1.94. The van der Waals surface area contributed by atoms with Crippen LogP contribution in [0.3, 0.4) is 0 Å². The third-order valence-corrected chi connectivity index (χ3v) is 5.58. The Labute approximate surface area is 146 Å². The van der Waals surface area contributed by atoms with Crippen molar-refractivity contribution in [3.8, 4) is 17.2 Å². The fourth-order valence-corrected chi connectivity index (χ4v) is 3.74. The van der Waals surface area contributed by atoms with Gasteiger partial charge in [0, 0.05) is 18.0 Å². The molecule has 1 heterocycles. The SMILES string of the molecule is N#Cc1ccc(-c2cncc(C3(CCS(N)(=O)=O)CC3)c2)cc1Cl. The summed E-state index contributed by atoms with van der Waals surface area (Å²) in [6.45, 7) is 0. The molecular formula is C17H16ClN3O2S. The predicted octanol–water partition coefficient (Wildman–Crippen LogP) is 2.98. The predicted molar refractivity (Wildman–Crippen MR) is 92.9 cm³/mol. The summed E-state index contributed by atoms with van der Waals surface area (Å²) in [7, 11) is -3.47. The first-order valence-electron chi connectivity index (χ1n) is 7.49. The average Bonchev–Trinajstić information content (AvgIpc) is 3.34. The van der Waals surface area contributed by atoms with Gasteiger partial charge in [-0.05, 0) is 54.0 Å². The van der Waals surface area contributed by atoms with Crippen molar-refractivity contribution in [2.24, 2.45) is 5.14 Å². The lowest BCUT2D eigenvalue weighted by atomic mass is 9.92. The van der Waals surface area contributed by atoms with Crippen LogP contribution in [-0.4, -0.2) is 19.2 Å². The average molecular weight is 362 g/mol. The number of nitrogens with zero attached hydrogens (tertiary/aromatic N) is 2. The van der Waals surface area contributed by atoms with Crippen molar-refractivity contribution in [3.63, 3.8) is 0 Å². The molecule has 0 unspecified atom stereocenters. The normalized spacial score (nSPS) is 15.7. The van der Waals surface area contributed by atoms with Crippen LogP contribution in [0.5, 0.6) is 0 Å². The molecule has 0 spiro atoms. The quantitative estimate of drug-likeness (QED) is 0.885. The van der Waals surface area contributed by atoms with E-state index in [0.717, 1.165) is 29.5 Å². The minimum atomic E-state index is -3.47. The van der Waals surface area contributed by atoms with E-state index in [9.17, 15) is 8.42 Å². The molecule has 1 saturated carbocycles. The number of pyridine rings is 1. The maximum Gasteiger partial charge on any atom is 0.209 e. The topological polar surface area (TPSA) is 96.8 Å². The Kier molecular flexibility index (Phi) is 4.35. The molecule has 0 atom stereocenters. The lowest BCUT2D eigenvalue weighted by Gasteiger charge is -2.16. The molecule has 2 N–H and O–H groups in total. The standard InChI is InChI=1S/C17H16ClN3O2S/c18-16-8-12(1-2-13(16)9-19)14-7-15(11-21-10-14)17(3-4-17)5-6-24(20,22)23/h1-2,7-8,10-11H,3-6H2,(H2,20,22,23). The lowest BCUT2D eigenvalue weighted by molar-refractivity contribution is 0.582. The summed E-state index contributed by atoms with van der Waals surface area (Å²) in [5.74, 6) is -0.0279. The van der Waals surface area contributed by atoms with Crippen LogP contribution in [0.2, 0.25) is 5.02 Å². The highest BCUT2D eigenvalue weighted by molar-refractivity contribution is 7.89. The van der Waals surface area contributed by atoms with Crippen LogP contribution in [-0.2, 0) is 15.4 Å². The number of hydrogen-bond donors (Lipinski definition) is 1. The molecule has 124 valence electrons. The molecule has 1 aliphatic carbocycles. The van der Waals surface area contributed by atoms with Crippen molar-refractivity contribution in [2.45, 2.75) is 24.7 Å². The molecule has 1 aromatic heterocycles. The molecule has 0 radical (unpaired) electrons. The molecule has 5 nitrogen and oxygen atoms in total. The number of benzene rings is 1. The number of sulfonamides is 1. The van der Waals surface area contributed by atoms with E-state index in [1.807, 2.05) is 18.2 Å². The van der Waals surface area contributed by atoms with E-state index in [1.165, 1.54) is 0 Å². The number of hydrogen-bond acceptors (Lipinski definition) is 4. The van der Waals surface area contributed by atoms with Crippen LogP contribution in [0.15, 0.2) is 36.7 Å². The van der Waals surface area contributed by atoms with Crippen LogP contribution >= 0.6 is 11.6 Å². The monoisotopic (exact) mass is 361 g/mol. The fraction of sp³-hybridized carbons (Fsp3) is 0.294. The number of halogens is 1. The van der Waals surface area contributed by atoms with E-state index in [-0.39, 0.29) is 11.2 Å². The van der Waals surface area contributed by atoms with Crippen molar-refractivity contribution in [1.29, 1.82) is 5.26 Å². The highest BCUT2D eigenvalue weighted by Crippen LogP contribution is 2.51. The van der Waals surface area contributed by atoms with Gasteiger partial charge in [0.15, 0.2) is 0 Å². The number of aromatic nitrogens is 1. The molecule has 3 rings (SSSR count). The van der Waals surface area contributed by atoms with Gasteiger partial charge in [-0.25, -0.2) is 13.6 Å². The second-order valence-electron chi connectivity index (χ2n) is 6.17. The molecule has 7 heteroatoms. The Morgan fingerprint density at radius 3 is 2.58 bits per heavy atom. The lowest BCUT2D eigenvalue weighted by Crippen LogP contribution is -2.21. The molecule has 1 aliphatic rings. The van der Waals surface area contributed by atoms with Gasteiger partial charge in [-0.15, -0.1) is 0 Å². The number of nitriles is 1.